The van der Waals surface area contributed by atoms with Crippen LogP contribution in [-0.2, 0) is 0 Å². The molecule has 2 heteroatoms. The molecule has 0 bridgehead atoms. The second kappa shape index (κ2) is 9.58. The molecule has 0 unspecified atom stereocenters. The molecule has 0 saturated heterocycles. The summed E-state index contributed by atoms with van der Waals surface area (Å²) in [5.41, 5.74) is 11.5. The molecule has 7 rings (SSSR count). The fourth-order valence-corrected chi connectivity index (χ4v) is 8.37. The van der Waals surface area contributed by atoms with E-state index in [-0.39, 0.29) is 14.5 Å². The van der Waals surface area contributed by atoms with Gasteiger partial charge in [0.2, 0.25) is 0 Å². The predicted octanol–water partition coefficient (Wildman–Crippen LogP) is 9.42. The van der Waals surface area contributed by atoms with Gasteiger partial charge in [0.25, 0.3) is 0 Å². The van der Waals surface area contributed by atoms with Gasteiger partial charge in [-0.25, -0.2) is 0 Å². The Balaban J connectivity index is 1.83. The number of nitrogens with zero attached hydrogens (tertiary/aromatic N) is 1. The summed E-state index contributed by atoms with van der Waals surface area (Å²) in [6.45, 7) is 2.23. The SMILES string of the molecule is Cc1ccnc2[se]c3c(-c4ccccc4)c(-c4ccccc4)c(-c4ccccc4)c(-c4ccccc4)c3c12. The summed E-state index contributed by atoms with van der Waals surface area (Å²) in [6, 6.07) is 45.9. The number of aromatic nitrogens is 1. The number of aryl methyl sites for hydroxylation is 1. The molecular weight excluding hydrogens is 525 g/mol. The zero-order valence-electron chi connectivity index (χ0n) is 21.1. The van der Waals surface area contributed by atoms with Crippen LogP contribution in [0.1, 0.15) is 5.56 Å². The van der Waals surface area contributed by atoms with Crippen LogP contribution in [0.5, 0.6) is 0 Å². The van der Waals surface area contributed by atoms with Crippen molar-refractivity contribution in [2.75, 3.05) is 0 Å². The standard InChI is InChI=1S/C36H25NSe/c1-24-22-23-37-36-29(24)34-32(27-18-10-4-11-19-27)30(25-14-6-2-7-15-25)31(26-16-8-3-9-17-26)33(35(34)38-36)28-20-12-5-13-21-28/h2-23H,1H3. The summed E-state index contributed by atoms with van der Waals surface area (Å²) < 4.78 is 2.66. The van der Waals surface area contributed by atoms with Crippen molar-refractivity contribution < 1.29 is 0 Å². The normalized spacial score (nSPS) is 11.3. The van der Waals surface area contributed by atoms with Gasteiger partial charge >= 0.3 is 229 Å². The fourth-order valence-electron chi connectivity index (χ4n) is 5.64. The predicted molar refractivity (Wildman–Crippen MR) is 163 cm³/mol. The number of rotatable bonds is 4. The number of pyridine rings is 1. The van der Waals surface area contributed by atoms with Gasteiger partial charge < -0.3 is 0 Å². The molecular formula is C36H25NSe. The third-order valence-electron chi connectivity index (χ3n) is 7.28. The Labute approximate surface area is 228 Å². The minimum atomic E-state index is 0.0874. The van der Waals surface area contributed by atoms with Crippen molar-refractivity contribution in [2.45, 2.75) is 6.92 Å². The van der Waals surface area contributed by atoms with Crippen molar-refractivity contribution in [3.05, 3.63) is 139 Å². The molecule has 0 N–H and O–H groups in total. The molecule has 1 nitrogen and oxygen atoms in total. The summed E-state index contributed by atoms with van der Waals surface area (Å²) in [4.78, 5) is 4.94. The van der Waals surface area contributed by atoms with Gasteiger partial charge in [0.05, 0.1) is 0 Å². The summed E-state index contributed by atoms with van der Waals surface area (Å²) in [5.74, 6) is 0. The molecule has 0 aliphatic rings. The molecule has 0 amide bonds. The van der Waals surface area contributed by atoms with Gasteiger partial charge in [0.15, 0.2) is 0 Å². The maximum atomic E-state index is 4.94. The zero-order valence-corrected chi connectivity index (χ0v) is 22.8. The van der Waals surface area contributed by atoms with E-state index >= 15 is 0 Å². The Hall–Kier alpha value is -4.23. The van der Waals surface area contributed by atoms with Crippen LogP contribution < -0.4 is 0 Å². The quantitative estimate of drug-likeness (QED) is 0.199. The Morgan fingerprint density at radius 3 is 1.37 bits per heavy atom. The van der Waals surface area contributed by atoms with E-state index in [4.69, 9.17) is 4.98 Å². The number of hydrogen-bond acceptors (Lipinski definition) is 1. The van der Waals surface area contributed by atoms with Crippen molar-refractivity contribution in [2.24, 2.45) is 0 Å². The first-order valence-corrected chi connectivity index (χ1v) is 14.6. The molecule has 38 heavy (non-hydrogen) atoms. The summed E-state index contributed by atoms with van der Waals surface area (Å²) in [5, 5.41) is 2.67. The average molecular weight is 551 g/mol. The first-order chi connectivity index (χ1) is 18.8. The average Bonchev–Trinajstić information content (AvgIpc) is 3.38. The second-order valence-electron chi connectivity index (χ2n) is 9.58. The Morgan fingerprint density at radius 1 is 0.447 bits per heavy atom. The van der Waals surface area contributed by atoms with Crippen LogP contribution in [0.3, 0.4) is 0 Å². The van der Waals surface area contributed by atoms with E-state index in [1.54, 1.807) is 0 Å². The van der Waals surface area contributed by atoms with E-state index < -0.39 is 0 Å². The van der Waals surface area contributed by atoms with Crippen LogP contribution in [0.4, 0.5) is 0 Å². The topological polar surface area (TPSA) is 12.9 Å². The first-order valence-electron chi connectivity index (χ1n) is 12.9. The third-order valence-corrected chi connectivity index (χ3v) is 9.62. The molecule has 0 radical (unpaired) electrons. The van der Waals surface area contributed by atoms with Crippen molar-refractivity contribution in [1.82, 2.24) is 4.98 Å². The van der Waals surface area contributed by atoms with E-state index in [2.05, 4.69) is 134 Å². The van der Waals surface area contributed by atoms with Crippen molar-refractivity contribution in [3.63, 3.8) is 0 Å². The molecule has 7 aromatic rings. The van der Waals surface area contributed by atoms with Gasteiger partial charge in [0.1, 0.15) is 0 Å². The molecule has 0 atom stereocenters. The molecule has 2 aromatic heterocycles. The monoisotopic (exact) mass is 551 g/mol. The molecule has 0 aliphatic heterocycles. The van der Waals surface area contributed by atoms with Crippen LogP contribution in [0.15, 0.2) is 134 Å². The molecule has 0 spiro atoms. The van der Waals surface area contributed by atoms with Gasteiger partial charge in [-0.1, -0.05) is 0 Å². The summed E-state index contributed by atoms with van der Waals surface area (Å²) >= 11 is 0.0874. The van der Waals surface area contributed by atoms with Crippen LogP contribution in [0.25, 0.3) is 63.9 Å². The van der Waals surface area contributed by atoms with Crippen LogP contribution in [0.2, 0.25) is 0 Å². The number of fused-ring (bicyclic) bond motifs is 3. The van der Waals surface area contributed by atoms with Gasteiger partial charge in [0, 0.05) is 0 Å². The minimum absolute atomic E-state index is 0.0874. The molecule has 0 aliphatic carbocycles. The molecule has 0 fully saturated rings. The van der Waals surface area contributed by atoms with Gasteiger partial charge in [-0.2, -0.15) is 0 Å². The van der Waals surface area contributed by atoms with Crippen LogP contribution in [-0.4, -0.2) is 19.5 Å². The molecule has 2 heterocycles. The zero-order chi connectivity index (χ0) is 25.5. The van der Waals surface area contributed by atoms with E-state index in [9.17, 15) is 0 Å². The Morgan fingerprint density at radius 2 is 0.868 bits per heavy atom. The second-order valence-corrected chi connectivity index (χ2v) is 11.7. The third kappa shape index (κ3) is 3.73. The van der Waals surface area contributed by atoms with Gasteiger partial charge in [-0.05, 0) is 0 Å². The molecule has 0 saturated carbocycles. The number of benzene rings is 5. The molecule has 180 valence electrons. The molecule has 5 aromatic carbocycles. The maximum absolute atomic E-state index is 4.94. The van der Waals surface area contributed by atoms with Crippen molar-refractivity contribution in [3.8, 4) is 44.5 Å². The van der Waals surface area contributed by atoms with E-state index in [1.807, 2.05) is 6.20 Å². The van der Waals surface area contributed by atoms with Gasteiger partial charge in [-0.3, -0.25) is 0 Å². The Kier molecular flexibility index (Phi) is 5.78. The van der Waals surface area contributed by atoms with Crippen LogP contribution >= 0.6 is 0 Å². The van der Waals surface area contributed by atoms with Crippen molar-refractivity contribution >= 4 is 33.9 Å². The van der Waals surface area contributed by atoms with E-state index in [0.717, 1.165) is 0 Å². The van der Waals surface area contributed by atoms with Crippen molar-refractivity contribution in [1.29, 1.82) is 0 Å². The summed E-state index contributed by atoms with van der Waals surface area (Å²) in [7, 11) is 0. The van der Waals surface area contributed by atoms with E-state index in [1.165, 1.54) is 69.5 Å². The van der Waals surface area contributed by atoms with Gasteiger partial charge in [-0.15, -0.1) is 0 Å². The fraction of sp³-hybridized carbons (Fsp3) is 0.0278. The Bertz CT molecular complexity index is 1890. The van der Waals surface area contributed by atoms with Crippen LogP contribution in [0, 0.1) is 6.92 Å². The number of hydrogen-bond donors (Lipinski definition) is 0. The summed E-state index contributed by atoms with van der Waals surface area (Å²) in [6.07, 6.45) is 1.97. The van der Waals surface area contributed by atoms with E-state index in [0.29, 0.717) is 0 Å². The first kappa shape index (κ1) is 22.9.